The summed E-state index contributed by atoms with van der Waals surface area (Å²) in [5.41, 5.74) is 8.71. The average Bonchev–Trinajstić information content (AvgIpc) is 2.76. The van der Waals surface area contributed by atoms with Gasteiger partial charge < -0.3 is 15.7 Å². The van der Waals surface area contributed by atoms with Gasteiger partial charge in [0.05, 0.1) is 17.1 Å². The molecule has 0 spiro atoms. The predicted octanol–water partition coefficient (Wildman–Crippen LogP) is 2.81. The Morgan fingerprint density at radius 1 is 1.15 bits per heavy atom. The first-order valence-corrected chi connectivity index (χ1v) is 6.76. The highest BCUT2D eigenvalue weighted by Crippen LogP contribution is 2.29. The van der Waals surface area contributed by atoms with Crippen molar-refractivity contribution >= 4 is 27.0 Å². The van der Waals surface area contributed by atoms with Crippen LogP contribution in [0.2, 0.25) is 0 Å². The summed E-state index contributed by atoms with van der Waals surface area (Å²) in [5, 5.41) is 0. The Balaban J connectivity index is 2.13. The third-order valence-electron chi connectivity index (χ3n) is 3.18. The molecule has 1 aromatic heterocycles. The van der Waals surface area contributed by atoms with Crippen LogP contribution in [-0.4, -0.2) is 9.97 Å². The van der Waals surface area contributed by atoms with Crippen molar-refractivity contribution < 1.29 is 4.39 Å². The van der Waals surface area contributed by atoms with Crippen LogP contribution in [0.5, 0.6) is 0 Å². The number of benzene rings is 2. The van der Waals surface area contributed by atoms with Gasteiger partial charge in [-0.25, -0.2) is 9.18 Å². The maximum atomic E-state index is 13.3. The van der Waals surface area contributed by atoms with E-state index in [9.17, 15) is 9.18 Å². The molecule has 0 aliphatic rings. The molecule has 0 saturated heterocycles. The van der Waals surface area contributed by atoms with Gasteiger partial charge in [-0.05, 0) is 35.4 Å². The summed E-state index contributed by atoms with van der Waals surface area (Å²) < 4.78 is 14.0. The van der Waals surface area contributed by atoms with E-state index < -0.39 is 6.04 Å². The zero-order valence-electron chi connectivity index (χ0n) is 10.3. The van der Waals surface area contributed by atoms with Gasteiger partial charge in [-0.2, -0.15) is 0 Å². The van der Waals surface area contributed by atoms with Gasteiger partial charge in [0, 0.05) is 4.47 Å². The minimum atomic E-state index is -0.483. The lowest BCUT2D eigenvalue weighted by atomic mass is 9.99. The second-order valence-electron chi connectivity index (χ2n) is 4.53. The molecule has 0 saturated carbocycles. The fourth-order valence-corrected chi connectivity index (χ4v) is 2.78. The van der Waals surface area contributed by atoms with Crippen LogP contribution in [0.15, 0.2) is 45.7 Å². The Bertz CT molecular complexity index is 840. The molecule has 0 aliphatic carbocycles. The number of rotatable bonds is 2. The molecule has 4 nitrogen and oxygen atoms in total. The van der Waals surface area contributed by atoms with E-state index in [1.807, 2.05) is 0 Å². The number of aromatic nitrogens is 2. The molecule has 20 heavy (non-hydrogen) atoms. The number of imidazole rings is 1. The monoisotopic (exact) mass is 335 g/mol. The van der Waals surface area contributed by atoms with Crippen LogP contribution in [0, 0.1) is 5.82 Å². The van der Waals surface area contributed by atoms with Crippen LogP contribution in [0.25, 0.3) is 11.0 Å². The summed E-state index contributed by atoms with van der Waals surface area (Å²) in [4.78, 5) is 16.6. The van der Waals surface area contributed by atoms with Crippen LogP contribution < -0.4 is 11.4 Å². The summed E-state index contributed by atoms with van der Waals surface area (Å²) >= 11 is 3.43. The quantitative estimate of drug-likeness (QED) is 0.673. The Hall–Kier alpha value is -1.92. The predicted molar refractivity (Wildman–Crippen MR) is 79.0 cm³/mol. The highest BCUT2D eigenvalue weighted by Gasteiger charge is 2.15. The van der Waals surface area contributed by atoms with E-state index in [0.29, 0.717) is 16.6 Å². The first-order chi connectivity index (χ1) is 9.54. The lowest BCUT2D eigenvalue weighted by molar-refractivity contribution is 0.623. The molecule has 2 aromatic carbocycles. The third kappa shape index (κ3) is 2.28. The number of H-pyrrole nitrogens is 2. The Morgan fingerprint density at radius 2 is 1.85 bits per heavy atom. The highest BCUT2D eigenvalue weighted by atomic mass is 79.9. The maximum Gasteiger partial charge on any atom is 0.323 e. The lowest BCUT2D eigenvalue weighted by Crippen LogP contribution is -2.12. The molecule has 6 heteroatoms. The van der Waals surface area contributed by atoms with Crippen LogP contribution in [-0.2, 0) is 0 Å². The van der Waals surface area contributed by atoms with Crippen molar-refractivity contribution in [3.05, 3.63) is 68.3 Å². The van der Waals surface area contributed by atoms with Gasteiger partial charge in [0.2, 0.25) is 0 Å². The first-order valence-electron chi connectivity index (χ1n) is 5.97. The van der Waals surface area contributed by atoms with Crippen molar-refractivity contribution in [2.75, 3.05) is 0 Å². The summed E-state index contributed by atoms with van der Waals surface area (Å²) in [5.74, 6) is -0.329. The largest absolute Gasteiger partial charge is 0.323 e. The smallest absolute Gasteiger partial charge is 0.320 e. The van der Waals surface area contributed by atoms with E-state index in [1.165, 1.54) is 12.1 Å². The van der Waals surface area contributed by atoms with Gasteiger partial charge in [0.1, 0.15) is 5.82 Å². The molecule has 3 aromatic rings. The molecule has 1 atom stereocenters. The average molecular weight is 336 g/mol. The van der Waals surface area contributed by atoms with Crippen molar-refractivity contribution in [2.24, 2.45) is 5.73 Å². The van der Waals surface area contributed by atoms with Gasteiger partial charge in [-0.3, -0.25) is 0 Å². The van der Waals surface area contributed by atoms with Gasteiger partial charge in [0.25, 0.3) is 0 Å². The molecular weight excluding hydrogens is 325 g/mol. The Morgan fingerprint density at radius 3 is 2.55 bits per heavy atom. The number of nitrogens with one attached hydrogen (secondary N) is 2. The number of nitrogens with two attached hydrogens (primary N) is 1. The highest BCUT2D eigenvalue weighted by molar-refractivity contribution is 9.10. The van der Waals surface area contributed by atoms with Gasteiger partial charge in [-0.15, -0.1) is 0 Å². The molecular formula is C14H11BrFN3O. The molecule has 102 valence electrons. The number of hydrogen-bond donors (Lipinski definition) is 3. The van der Waals surface area contributed by atoms with Gasteiger partial charge >= 0.3 is 5.69 Å². The minimum absolute atomic E-state index is 0.275. The lowest BCUT2D eigenvalue weighted by Gasteiger charge is -2.14. The molecule has 0 fully saturated rings. The number of fused-ring (bicyclic) bond motifs is 1. The summed E-state index contributed by atoms with van der Waals surface area (Å²) in [6.45, 7) is 0. The standard InChI is InChI=1S/C14H11BrFN3O/c15-10-6-12-11(18-14(20)19-12)5-9(10)13(17)7-2-1-3-8(16)4-7/h1-6,13H,17H2,(H2,18,19,20). The number of aromatic amines is 2. The van der Waals surface area contributed by atoms with Crippen molar-refractivity contribution in [1.29, 1.82) is 0 Å². The molecule has 4 N–H and O–H groups in total. The van der Waals surface area contributed by atoms with Crippen molar-refractivity contribution in [1.82, 2.24) is 9.97 Å². The molecule has 1 heterocycles. The summed E-state index contributed by atoms with van der Waals surface area (Å²) in [6.07, 6.45) is 0. The topological polar surface area (TPSA) is 74.7 Å². The van der Waals surface area contributed by atoms with Crippen molar-refractivity contribution in [3.8, 4) is 0 Å². The number of halogens is 2. The SMILES string of the molecule is NC(c1cccc(F)c1)c1cc2[nH]c(=O)[nH]c2cc1Br. The van der Waals surface area contributed by atoms with E-state index in [2.05, 4.69) is 25.9 Å². The first kappa shape index (κ1) is 13.1. The van der Waals surface area contributed by atoms with Crippen molar-refractivity contribution in [3.63, 3.8) is 0 Å². The second-order valence-corrected chi connectivity index (χ2v) is 5.39. The van der Waals surface area contributed by atoms with Crippen molar-refractivity contribution in [2.45, 2.75) is 6.04 Å². The zero-order chi connectivity index (χ0) is 14.3. The third-order valence-corrected chi connectivity index (χ3v) is 3.86. The fraction of sp³-hybridized carbons (Fsp3) is 0.0714. The molecule has 0 bridgehead atoms. The zero-order valence-corrected chi connectivity index (χ0v) is 11.9. The van der Waals surface area contributed by atoms with E-state index in [-0.39, 0.29) is 11.5 Å². The Labute approximate surface area is 121 Å². The van der Waals surface area contributed by atoms with E-state index in [1.54, 1.807) is 24.3 Å². The summed E-state index contributed by atoms with van der Waals surface area (Å²) in [7, 11) is 0. The van der Waals surface area contributed by atoms with Crippen LogP contribution in [0.1, 0.15) is 17.2 Å². The fourth-order valence-electron chi connectivity index (χ4n) is 2.19. The van der Waals surface area contributed by atoms with Gasteiger partial charge in [0.15, 0.2) is 0 Å². The second kappa shape index (κ2) is 4.88. The normalized spacial score (nSPS) is 12.8. The maximum absolute atomic E-state index is 13.3. The molecule has 0 amide bonds. The number of hydrogen-bond acceptors (Lipinski definition) is 2. The molecule has 0 radical (unpaired) electrons. The van der Waals surface area contributed by atoms with Gasteiger partial charge in [-0.1, -0.05) is 28.1 Å². The molecule has 3 rings (SSSR count). The Kier molecular flexibility index (Phi) is 3.19. The molecule has 0 aliphatic heterocycles. The van der Waals surface area contributed by atoms with E-state index >= 15 is 0 Å². The van der Waals surface area contributed by atoms with E-state index in [4.69, 9.17) is 5.73 Å². The molecule has 1 unspecified atom stereocenters. The van der Waals surface area contributed by atoms with Crippen LogP contribution in [0.4, 0.5) is 4.39 Å². The van der Waals surface area contributed by atoms with E-state index in [0.717, 1.165) is 10.0 Å². The van der Waals surface area contributed by atoms with Crippen LogP contribution in [0.3, 0.4) is 0 Å². The minimum Gasteiger partial charge on any atom is -0.320 e. The van der Waals surface area contributed by atoms with Crippen LogP contribution >= 0.6 is 15.9 Å². The summed E-state index contributed by atoms with van der Waals surface area (Å²) in [6, 6.07) is 9.25.